The lowest BCUT2D eigenvalue weighted by molar-refractivity contribution is -0.119. The Morgan fingerprint density at radius 3 is 2.76 bits per heavy atom. The quantitative estimate of drug-likeness (QED) is 0.907. The third-order valence-corrected chi connectivity index (χ3v) is 4.10. The summed E-state index contributed by atoms with van der Waals surface area (Å²) < 4.78 is 14.2. The standard InChI is InChI=1S/C15H15FN2O3/c16-12-7-9(18-3-1-2-14(18)20)6-11-10(12)4-8(15(11)21)5-13(17)19/h6-8H,1-5H2,(H2,17,19). The number of nitrogens with zero attached hydrogens (tertiary/aromatic N) is 1. The number of primary amides is 1. The van der Waals surface area contributed by atoms with E-state index in [1.807, 2.05) is 0 Å². The molecular formula is C15H15FN2O3. The van der Waals surface area contributed by atoms with Crippen LogP contribution in [0.4, 0.5) is 10.1 Å². The van der Waals surface area contributed by atoms with Gasteiger partial charge in [0.05, 0.1) is 0 Å². The molecule has 1 saturated heterocycles. The highest BCUT2D eigenvalue weighted by Gasteiger charge is 2.35. The van der Waals surface area contributed by atoms with Crippen LogP contribution in [0.2, 0.25) is 0 Å². The summed E-state index contributed by atoms with van der Waals surface area (Å²) in [4.78, 5) is 36.5. The lowest BCUT2D eigenvalue weighted by Gasteiger charge is -2.17. The van der Waals surface area contributed by atoms with Crippen molar-refractivity contribution in [2.75, 3.05) is 11.4 Å². The minimum atomic E-state index is -0.587. The van der Waals surface area contributed by atoms with E-state index in [1.54, 1.807) is 6.07 Å². The second kappa shape index (κ2) is 4.95. The summed E-state index contributed by atoms with van der Waals surface area (Å²) in [6.45, 7) is 0.538. The number of hydrogen-bond donors (Lipinski definition) is 1. The molecule has 1 fully saturated rings. The molecule has 0 bridgehead atoms. The number of nitrogens with two attached hydrogens (primary N) is 1. The van der Waals surface area contributed by atoms with E-state index < -0.39 is 17.6 Å². The van der Waals surface area contributed by atoms with Gasteiger partial charge in [0.1, 0.15) is 5.82 Å². The smallest absolute Gasteiger partial charge is 0.227 e. The molecular weight excluding hydrogens is 275 g/mol. The van der Waals surface area contributed by atoms with Crippen LogP contribution in [0.15, 0.2) is 12.1 Å². The molecule has 0 radical (unpaired) electrons. The summed E-state index contributed by atoms with van der Waals surface area (Å²) >= 11 is 0. The van der Waals surface area contributed by atoms with Crippen LogP contribution in [0.1, 0.15) is 35.2 Å². The topological polar surface area (TPSA) is 80.5 Å². The fourth-order valence-electron chi connectivity index (χ4n) is 3.09. The molecule has 5 nitrogen and oxygen atoms in total. The molecule has 0 spiro atoms. The van der Waals surface area contributed by atoms with E-state index in [1.165, 1.54) is 11.0 Å². The van der Waals surface area contributed by atoms with Gasteiger partial charge >= 0.3 is 0 Å². The zero-order chi connectivity index (χ0) is 15.1. The van der Waals surface area contributed by atoms with Crippen LogP contribution in [0, 0.1) is 11.7 Å². The van der Waals surface area contributed by atoms with E-state index in [4.69, 9.17) is 5.73 Å². The van der Waals surface area contributed by atoms with Crippen LogP contribution < -0.4 is 10.6 Å². The number of hydrogen-bond acceptors (Lipinski definition) is 3. The Bertz CT molecular complexity index is 657. The van der Waals surface area contributed by atoms with Gasteiger partial charge in [0.25, 0.3) is 0 Å². The first kappa shape index (κ1) is 13.7. The highest BCUT2D eigenvalue weighted by Crippen LogP contribution is 2.35. The third kappa shape index (κ3) is 2.30. The summed E-state index contributed by atoms with van der Waals surface area (Å²) in [5.41, 5.74) is 6.13. The number of halogens is 1. The Balaban J connectivity index is 1.96. The zero-order valence-corrected chi connectivity index (χ0v) is 11.4. The van der Waals surface area contributed by atoms with Crippen molar-refractivity contribution in [2.24, 2.45) is 11.7 Å². The second-order valence-electron chi connectivity index (χ2n) is 5.54. The molecule has 1 aliphatic heterocycles. The molecule has 1 aliphatic carbocycles. The maximum absolute atomic E-state index is 14.2. The van der Waals surface area contributed by atoms with Gasteiger partial charge in [0, 0.05) is 36.6 Å². The zero-order valence-electron chi connectivity index (χ0n) is 11.4. The molecule has 2 N–H and O–H groups in total. The first-order chi connectivity index (χ1) is 9.97. The Kier molecular flexibility index (Phi) is 3.23. The molecule has 0 saturated carbocycles. The number of carbonyl (C=O) groups excluding carboxylic acids is 3. The lowest BCUT2D eigenvalue weighted by atomic mass is 10.0. The summed E-state index contributed by atoms with van der Waals surface area (Å²) in [6.07, 6.45) is 1.29. The first-order valence-corrected chi connectivity index (χ1v) is 6.92. The van der Waals surface area contributed by atoms with Gasteiger partial charge in [0.2, 0.25) is 11.8 Å². The SMILES string of the molecule is NC(=O)CC1Cc2c(F)cc(N3CCCC3=O)cc2C1=O. The van der Waals surface area contributed by atoms with Gasteiger partial charge in [-0.2, -0.15) is 0 Å². The van der Waals surface area contributed by atoms with Crippen LogP contribution in [-0.2, 0) is 16.0 Å². The largest absolute Gasteiger partial charge is 0.370 e. The Hall–Kier alpha value is -2.24. The highest BCUT2D eigenvalue weighted by molar-refractivity contribution is 6.05. The summed E-state index contributed by atoms with van der Waals surface area (Å²) in [6, 6.07) is 2.85. The van der Waals surface area contributed by atoms with Gasteiger partial charge in [-0.15, -0.1) is 0 Å². The normalized spacial score (nSPS) is 21.0. The minimum Gasteiger partial charge on any atom is -0.370 e. The number of amides is 2. The predicted octanol–water partition coefficient (Wildman–Crippen LogP) is 1.18. The maximum Gasteiger partial charge on any atom is 0.227 e. The second-order valence-corrected chi connectivity index (χ2v) is 5.54. The van der Waals surface area contributed by atoms with Crippen molar-refractivity contribution < 1.29 is 18.8 Å². The first-order valence-electron chi connectivity index (χ1n) is 6.92. The fraction of sp³-hybridized carbons (Fsp3) is 0.400. The van der Waals surface area contributed by atoms with E-state index in [0.717, 1.165) is 6.42 Å². The maximum atomic E-state index is 14.2. The van der Waals surface area contributed by atoms with Crippen LogP contribution in [0.3, 0.4) is 0 Å². The molecule has 3 rings (SSSR count). The number of benzene rings is 1. The molecule has 1 aromatic rings. The van der Waals surface area contributed by atoms with Crippen molar-refractivity contribution in [1.82, 2.24) is 0 Å². The van der Waals surface area contributed by atoms with Crippen LogP contribution >= 0.6 is 0 Å². The molecule has 1 atom stereocenters. The van der Waals surface area contributed by atoms with Crippen LogP contribution in [-0.4, -0.2) is 24.1 Å². The Labute approximate surface area is 120 Å². The van der Waals surface area contributed by atoms with Crippen molar-refractivity contribution in [2.45, 2.75) is 25.7 Å². The Morgan fingerprint density at radius 1 is 1.38 bits per heavy atom. The number of anilines is 1. The molecule has 110 valence electrons. The molecule has 1 heterocycles. The summed E-state index contributed by atoms with van der Waals surface area (Å²) in [5, 5.41) is 0. The molecule has 0 aromatic heterocycles. The van der Waals surface area contributed by atoms with E-state index in [2.05, 4.69) is 0 Å². The fourth-order valence-corrected chi connectivity index (χ4v) is 3.09. The third-order valence-electron chi connectivity index (χ3n) is 4.10. The Morgan fingerprint density at radius 2 is 2.14 bits per heavy atom. The van der Waals surface area contributed by atoms with Crippen molar-refractivity contribution in [1.29, 1.82) is 0 Å². The number of rotatable bonds is 3. The van der Waals surface area contributed by atoms with Crippen molar-refractivity contribution in [3.63, 3.8) is 0 Å². The van der Waals surface area contributed by atoms with Gasteiger partial charge in [0.15, 0.2) is 5.78 Å². The van der Waals surface area contributed by atoms with Gasteiger partial charge in [-0.25, -0.2) is 4.39 Å². The van der Waals surface area contributed by atoms with Crippen LogP contribution in [0.25, 0.3) is 0 Å². The van der Waals surface area contributed by atoms with Gasteiger partial charge in [-0.1, -0.05) is 0 Å². The summed E-state index contributed by atoms with van der Waals surface area (Å²) in [5.74, 6) is -1.99. The number of fused-ring (bicyclic) bond motifs is 1. The van der Waals surface area contributed by atoms with Crippen LogP contribution in [0.5, 0.6) is 0 Å². The lowest BCUT2D eigenvalue weighted by Crippen LogP contribution is -2.24. The predicted molar refractivity (Wildman–Crippen MR) is 73.3 cm³/mol. The molecule has 1 aromatic carbocycles. The van der Waals surface area contributed by atoms with E-state index >= 15 is 0 Å². The van der Waals surface area contributed by atoms with Crippen molar-refractivity contribution in [3.05, 3.63) is 29.1 Å². The van der Waals surface area contributed by atoms with Crippen molar-refractivity contribution in [3.8, 4) is 0 Å². The number of carbonyl (C=O) groups is 3. The number of Topliss-reactive ketones (excluding diaryl/α,β-unsaturated/α-hetero) is 1. The average molecular weight is 290 g/mol. The van der Waals surface area contributed by atoms with E-state index in [-0.39, 0.29) is 30.1 Å². The van der Waals surface area contributed by atoms with E-state index in [0.29, 0.717) is 24.2 Å². The molecule has 1 unspecified atom stereocenters. The molecule has 2 aliphatic rings. The van der Waals surface area contributed by atoms with Gasteiger partial charge in [-0.3, -0.25) is 14.4 Å². The highest BCUT2D eigenvalue weighted by atomic mass is 19.1. The summed E-state index contributed by atoms with van der Waals surface area (Å²) in [7, 11) is 0. The van der Waals surface area contributed by atoms with Crippen molar-refractivity contribution >= 4 is 23.3 Å². The molecule has 6 heteroatoms. The molecule has 2 amide bonds. The minimum absolute atomic E-state index is 0.0616. The van der Waals surface area contributed by atoms with Gasteiger partial charge < -0.3 is 10.6 Å². The monoisotopic (exact) mass is 290 g/mol. The molecule has 21 heavy (non-hydrogen) atoms. The van der Waals surface area contributed by atoms with Gasteiger partial charge in [-0.05, 0) is 30.5 Å². The average Bonchev–Trinajstić information content (AvgIpc) is 2.96. The number of ketones is 1. The van der Waals surface area contributed by atoms with E-state index in [9.17, 15) is 18.8 Å².